The molecule has 0 spiro atoms. The number of fused-ring (bicyclic) bond motifs is 1. The Kier molecular flexibility index (Phi) is 2.92. The molecule has 1 aromatic carbocycles. The van der Waals surface area contributed by atoms with Crippen LogP contribution in [0.4, 0.5) is 0 Å². The second-order valence-corrected chi connectivity index (χ2v) is 5.33. The third kappa shape index (κ3) is 2.18. The van der Waals surface area contributed by atoms with Crippen LogP contribution in [0.15, 0.2) is 53.1 Å². The Morgan fingerprint density at radius 1 is 1.17 bits per heavy atom. The van der Waals surface area contributed by atoms with E-state index in [0.29, 0.717) is 0 Å². The van der Waals surface area contributed by atoms with Crippen molar-refractivity contribution in [1.82, 2.24) is 9.55 Å². The molecule has 0 saturated carbocycles. The van der Waals surface area contributed by atoms with E-state index in [-0.39, 0.29) is 0 Å². The van der Waals surface area contributed by atoms with E-state index in [1.165, 1.54) is 10.9 Å². The molecule has 0 amide bonds. The highest BCUT2D eigenvalue weighted by atomic mass is 79.9. The van der Waals surface area contributed by atoms with Gasteiger partial charge in [-0.3, -0.25) is 4.98 Å². The molecule has 0 bridgehead atoms. The number of pyridine rings is 1. The first kappa shape index (κ1) is 11.5. The van der Waals surface area contributed by atoms with Gasteiger partial charge in [-0.1, -0.05) is 28.1 Å². The van der Waals surface area contributed by atoms with Crippen molar-refractivity contribution in [3.8, 4) is 0 Å². The van der Waals surface area contributed by atoms with Crippen LogP contribution in [-0.2, 0) is 6.54 Å². The lowest BCUT2D eigenvalue weighted by atomic mass is 10.2. The van der Waals surface area contributed by atoms with Gasteiger partial charge in [0.15, 0.2) is 0 Å². The number of benzene rings is 1. The fraction of sp³-hybridized carbons (Fsp3) is 0.133. The van der Waals surface area contributed by atoms with E-state index in [1.807, 2.05) is 13.0 Å². The number of halogens is 1. The van der Waals surface area contributed by atoms with Gasteiger partial charge in [-0.25, -0.2) is 0 Å². The molecule has 2 heterocycles. The number of nitrogens with zero attached hydrogens (tertiary/aromatic N) is 2. The Morgan fingerprint density at radius 2 is 2.06 bits per heavy atom. The summed E-state index contributed by atoms with van der Waals surface area (Å²) in [5.74, 6) is 0. The largest absolute Gasteiger partial charge is 0.341 e. The van der Waals surface area contributed by atoms with Crippen molar-refractivity contribution in [2.24, 2.45) is 0 Å². The van der Waals surface area contributed by atoms with Gasteiger partial charge >= 0.3 is 0 Å². The van der Waals surface area contributed by atoms with Crippen LogP contribution >= 0.6 is 15.9 Å². The van der Waals surface area contributed by atoms with E-state index in [2.05, 4.69) is 68.1 Å². The van der Waals surface area contributed by atoms with Gasteiger partial charge in [-0.2, -0.15) is 0 Å². The normalized spacial score (nSPS) is 11.0. The van der Waals surface area contributed by atoms with Gasteiger partial charge in [-0.05, 0) is 42.6 Å². The Labute approximate surface area is 114 Å². The lowest BCUT2D eigenvalue weighted by Crippen LogP contribution is -2.00. The first-order chi connectivity index (χ1) is 8.72. The van der Waals surface area contributed by atoms with Crippen LogP contribution in [0, 0.1) is 6.92 Å². The van der Waals surface area contributed by atoms with Crippen LogP contribution < -0.4 is 0 Å². The summed E-state index contributed by atoms with van der Waals surface area (Å²) >= 11 is 3.52. The number of aromatic nitrogens is 2. The summed E-state index contributed by atoms with van der Waals surface area (Å²) in [6.45, 7) is 2.83. The molecule has 0 radical (unpaired) electrons. The van der Waals surface area contributed by atoms with Crippen molar-refractivity contribution in [2.45, 2.75) is 13.5 Å². The predicted octanol–water partition coefficient (Wildman–Crippen LogP) is 4.16. The zero-order valence-corrected chi connectivity index (χ0v) is 11.7. The standard InChI is InChI=1S/C15H13BrN2/c1-11-3-2-4-14(17-11)10-18-8-7-12-5-6-13(16)9-15(12)18/h2-9H,10H2,1H3. The van der Waals surface area contributed by atoms with Crippen LogP contribution in [0.5, 0.6) is 0 Å². The molecule has 0 atom stereocenters. The van der Waals surface area contributed by atoms with Crippen LogP contribution in [-0.4, -0.2) is 9.55 Å². The van der Waals surface area contributed by atoms with Crippen LogP contribution in [0.1, 0.15) is 11.4 Å². The molecular weight excluding hydrogens is 288 g/mol. The highest BCUT2D eigenvalue weighted by Gasteiger charge is 2.03. The highest BCUT2D eigenvalue weighted by molar-refractivity contribution is 9.10. The summed E-state index contributed by atoms with van der Waals surface area (Å²) < 4.78 is 3.33. The number of aryl methyl sites for hydroxylation is 1. The Morgan fingerprint density at radius 3 is 2.89 bits per heavy atom. The van der Waals surface area contributed by atoms with Crippen molar-refractivity contribution < 1.29 is 0 Å². The minimum absolute atomic E-state index is 0.807. The average molecular weight is 301 g/mol. The summed E-state index contributed by atoms with van der Waals surface area (Å²) in [4.78, 5) is 4.54. The maximum Gasteiger partial charge on any atom is 0.0648 e. The maximum atomic E-state index is 4.54. The van der Waals surface area contributed by atoms with Crippen molar-refractivity contribution in [3.05, 3.63) is 64.5 Å². The molecule has 0 aliphatic carbocycles. The quantitative estimate of drug-likeness (QED) is 0.695. The van der Waals surface area contributed by atoms with E-state index >= 15 is 0 Å². The minimum atomic E-state index is 0.807. The molecule has 0 aliphatic heterocycles. The van der Waals surface area contributed by atoms with Crippen LogP contribution in [0.25, 0.3) is 10.9 Å². The molecule has 3 aromatic rings. The van der Waals surface area contributed by atoms with Gasteiger partial charge in [-0.15, -0.1) is 0 Å². The second kappa shape index (κ2) is 4.58. The number of hydrogen-bond acceptors (Lipinski definition) is 1. The number of hydrogen-bond donors (Lipinski definition) is 0. The highest BCUT2D eigenvalue weighted by Crippen LogP contribution is 2.21. The molecule has 0 N–H and O–H groups in total. The molecular formula is C15H13BrN2. The van der Waals surface area contributed by atoms with Crippen molar-refractivity contribution in [1.29, 1.82) is 0 Å². The van der Waals surface area contributed by atoms with Crippen molar-refractivity contribution in [2.75, 3.05) is 0 Å². The fourth-order valence-electron chi connectivity index (χ4n) is 2.16. The summed E-state index contributed by atoms with van der Waals surface area (Å²) in [5, 5.41) is 1.26. The van der Waals surface area contributed by atoms with E-state index in [4.69, 9.17) is 0 Å². The summed E-state index contributed by atoms with van der Waals surface area (Å²) in [6, 6.07) is 14.6. The average Bonchev–Trinajstić information content (AvgIpc) is 2.72. The van der Waals surface area contributed by atoms with E-state index < -0.39 is 0 Å². The first-order valence-electron chi connectivity index (χ1n) is 5.89. The molecule has 0 fully saturated rings. The van der Waals surface area contributed by atoms with E-state index in [0.717, 1.165) is 22.4 Å². The van der Waals surface area contributed by atoms with Crippen molar-refractivity contribution >= 4 is 26.8 Å². The molecule has 18 heavy (non-hydrogen) atoms. The van der Waals surface area contributed by atoms with Gasteiger partial charge in [0, 0.05) is 21.9 Å². The maximum absolute atomic E-state index is 4.54. The van der Waals surface area contributed by atoms with Gasteiger partial charge < -0.3 is 4.57 Å². The number of rotatable bonds is 2. The molecule has 3 heteroatoms. The molecule has 90 valence electrons. The fourth-order valence-corrected chi connectivity index (χ4v) is 2.51. The van der Waals surface area contributed by atoms with Gasteiger partial charge in [0.2, 0.25) is 0 Å². The second-order valence-electron chi connectivity index (χ2n) is 4.42. The smallest absolute Gasteiger partial charge is 0.0648 e. The summed E-state index contributed by atoms with van der Waals surface area (Å²) in [7, 11) is 0. The topological polar surface area (TPSA) is 17.8 Å². The zero-order chi connectivity index (χ0) is 12.5. The zero-order valence-electron chi connectivity index (χ0n) is 10.1. The van der Waals surface area contributed by atoms with E-state index in [1.54, 1.807) is 0 Å². The monoisotopic (exact) mass is 300 g/mol. The Hall–Kier alpha value is -1.61. The third-order valence-corrected chi connectivity index (χ3v) is 3.51. The summed E-state index contributed by atoms with van der Waals surface area (Å²) in [6.07, 6.45) is 2.11. The Bertz CT molecular complexity index is 701. The Balaban J connectivity index is 2.02. The first-order valence-corrected chi connectivity index (χ1v) is 6.68. The minimum Gasteiger partial charge on any atom is -0.341 e. The van der Waals surface area contributed by atoms with Gasteiger partial charge in [0.05, 0.1) is 12.2 Å². The van der Waals surface area contributed by atoms with Crippen LogP contribution in [0.2, 0.25) is 0 Å². The third-order valence-electron chi connectivity index (χ3n) is 3.01. The molecule has 0 unspecified atom stereocenters. The lowest BCUT2D eigenvalue weighted by Gasteiger charge is -2.06. The molecule has 0 aliphatic rings. The van der Waals surface area contributed by atoms with Crippen molar-refractivity contribution in [3.63, 3.8) is 0 Å². The lowest BCUT2D eigenvalue weighted by molar-refractivity contribution is 0.802. The van der Waals surface area contributed by atoms with E-state index in [9.17, 15) is 0 Å². The van der Waals surface area contributed by atoms with Gasteiger partial charge in [0.1, 0.15) is 0 Å². The summed E-state index contributed by atoms with van der Waals surface area (Å²) in [5.41, 5.74) is 3.38. The van der Waals surface area contributed by atoms with Gasteiger partial charge in [0.25, 0.3) is 0 Å². The molecule has 2 aromatic heterocycles. The molecule has 3 rings (SSSR count). The SMILES string of the molecule is Cc1cccc(Cn2ccc3ccc(Br)cc32)n1. The predicted molar refractivity (Wildman–Crippen MR) is 77.7 cm³/mol. The molecule has 2 nitrogen and oxygen atoms in total. The molecule has 0 saturated heterocycles. The van der Waals surface area contributed by atoms with Crippen LogP contribution in [0.3, 0.4) is 0 Å².